The van der Waals surface area contributed by atoms with E-state index in [9.17, 15) is 9.59 Å². The number of carbonyl (C=O) groups is 1. The number of benzene rings is 1. The Morgan fingerprint density at radius 1 is 1.33 bits per heavy atom. The van der Waals surface area contributed by atoms with Gasteiger partial charge in [0.05, 0.1) is 0 Å². The topological polar surface area (TPSA) is 62.0 Å². The first-order valence-electron chi connectivity index (χ1n) is 5.32. The minimum absolute atomic E-state index is 0.0954. The number of rotatable bonds is 2. The van der Waals surface area contributed by atoms with Gasteiger partial charge in [-0.2, -0.15) is 0 Å². The SMILES string of the molecule is Cc1cc(NC(=O)c2c[nH]ccc2=O)ccc1Br. The molecule has 0 aliphatic heterocycles. The fourth-order valence-corrected chi connectivity index (χ4v) is 1.76. The van der Waals surface area contributed by atoms with E-state index in [-0.39, 0.29) is 11.0 Å². The van der Waals surface area contributed by atoms with Gasteiger partial charge in [0.2, 0.25) is 0 Å². The van der Waals surface area contributed by atoms with Gasteiger partial charge >= 0.3 is 0 Å². The van der Waals surface area contributed by atoms with Crippen molar-refractivity contribution in [2.24, 2.45) is 0 Å². The highest BCUT2D eigenvalue weighted by atomic mass is 79.9. The predicted molar refractivity (Wildman–Crippen MR) is 73.9 cm³/mol. The van der Waals surface area contributed by atoms with Gasteiger partial charge in [0.25, 0.3) is 5.91 Å². The zero-order valence-corrected chi connectivity index (χ0v) is 11.2. The Labute approximate surface area is 112 Å². The lowest BCUT2D eigenvalue weighted by Crippen LogP contribution is -2.20. The van der Waals surface area contributed by atoms with E-state index in [2.05, 4.69) is 26.2 Å². The first-order valence-corrected chi connectivity index (χ1v) is 6.12. The Morgan fingerprint density at radius 3 is 2.78 bits per heavy atom. The van der Waals surface area contributed by atoms with Crippen LogP contribution in [0.25, 0.3) is 0 Å². The molecule has 2 N–H and O–H groups in total. The molecule has 1 heterocycles. The number of aromatic amines is 1. The molecule has 1 aromatic carbocycles. The minimum atomic E-state index is -0.418. The third-order valence-electron chi connectivity index (χ3n) is 2.48. The second kappa shape index (κ2) is 5.18. The largest absolute Gasteiger partial charge is 0.367 e. The van der Waals surface area contributed by atoms with Crippen molar-refractivity contribution in [1.29, 1.82) is 0 Å². The Bertz CT molecular complexity index is 649. The molecule has 18 heavy (non-hydrogen) atoms. The van der Waals surface area contributed by atoms with Gasteiger partial charge in [-0.15, -0.1) is 0 Å². The van der Waals surface area contributed by atoms with Crippen molar-refractivity contribution >= 4 is 27.5 Å². The summed E-state index contributed by atoms with van der Waals surface area (Å²) in [5, 5.41) is 2.69. The average Bonchev–Trinajstić information content (AvgIpc) is 2.34. The molecule has 0 fully saturated rings. The number of hydrogen-bond acceptors (Lipinski definition) is 2. The summed E-state index contributed by atoms with van der Waals surface area (Å²) in [4.78, 5) is 26.1. The van der Waals surface area contributed by atoms with Gasteiger partial charge in [-0.25, -0.2) is 0 Å². The van der Waals surface area contributed by atoms with Crippen molar-refractivity contribution in [2.75, 3.05) is 5.32 Å². The lowest BCUT2D eigenvalue weighted by Gasteiger charge is -2.06. The van der Waals surface area contributed by atoms with E-state index in [0.717, 1.165) is 10.0 Å². The number of nitrogens with one attached hydrogen (secondary N) is 2. The van der Waals surface area contributed by atoms with Crippen molar-refractivity contribution in [1.82, 2.24) is 4.98 Å². The van der Waals surface area contributed by atoms with E-state index < -0.39 is 5.91 Å². The molecule has 0 atom stereocenters. The summed E-state index contributed by atoms with van der Waals surface area (Å²) in [5.74, 6) is -0.418. The van der Waals surface area contributed by atoms with E-state index in [0.29, 0.717) is 5.69 Å². The third-order valence-corrected chi connectivity index (χ3v) is 3.37. The number of pyridine rings is 1. The molecule has 1 aromatic heterocycles. The Hall–Kier alpha value is -1.88. The molecule has 0 saturated carbocycles. The molecular weight excluding hydrogens is 296 g/mol. The summed E-state index contributed by atoms with van der Waals surface area (Å²) >= 11 is 3.38. The number of carbonyl (C=O) groups excluding carboxylic acids is 1. The lowest BCUT2D eigenvalue weighted by molar-refractivity contribution is 0.102. The number of aromatic nitrogens is 1. The molecule has 0 unspecified atom stereocenters. The Kier molecular flexibility index (Phi) is 3.62. The lowest BCUT2D eigenvalue weighted by atomic mass is 10.2. The van der Waals surface area contributed by atoms with Crippen LogP contribution in [0, 0.1) is 6.92 Å². The van der Waals surface area contributed by atoms with Crippen molar-refractivity contribution < 1.29 is 4.79 Å². The fourth-order valence-electron chi connectivity index (χ4n) is 1.51. The van der Waals surface area contributed by atoms with Crippen LogP contribution >= 0.6 is 15.9 Å². The molecule has 2 rings (SSSR count). The molecule has 0 saturated heterocycles. The summed E-state index contributed by atoms with van der Waals surface area (Å²) < 4.78 is 0.970. The van der Waals surface area contributed by atoms with E-state index in [4.69, 9.17) is 0 Å². The van der Waals surface area contributed by atoms with Gasteiger partial charge in [-0.3, -0.25) is 9.59 Å². The van der Waals surface area contributed by atoms with Gasteiger partial charge in [-0.1, -0.05) is 15.9 Å². The maximum atomic E-state index is 11.9. The monoisotopic (exact) mass is 306 g/mol. The van der Waals surface area contributed by atoms with E-state index in [1.54, 1.807) is 6.07 Å². The molecule has 0 aliphatic rings. The highest BCUT2D eigenvalue weighted by Gasteiger charge is 2.09. The number of hydrogen-bond donors (Lipinski definition) is 2. The Morgan fingerprint density at radius 2 is 2.11 bits per heavy atom. The fraction of sp³-hybridized carbons (Fsp3) is 0.0769. The maximum Gasteiger partial charge on any atom is 0.261 e. The molecule has 5 heteroatoms. The van der Waals surface area contributed by atoms with Gasteiger partial charge in [0.1, 0.15) is 5.56 Å². The van der Waals surface area contributed by atoms with Crippen molar-refractivity contribution in [3.8, 4) is 0 Å². The highest BCUT2D eigenvalue weighted by molar-refractivity contribution is 9.10. The van der Waals surface area contributed by atoms with Crippen LogP contribution in [-0.2, 0) is 0 Å². The minimum Gasteiger partial charge on any atom is -0.367 e. The standard InChI is InChI=1S/C13H11BrN2O2/c1-8-6-9(2-3-11(8)14)16-13(18)10-7-15-5-4-12(10)17/h2-7H,1H3,(H,15,17)(H,16,18). The molecule has 92 valence electrons. The summed E-state index contributed by atoms with van der Waals surface area (Å²) in [6.45, 7) is 1.93. The molecular formula is C13H11BrN2O2. The number of H-pyrrole nitrogens is 1. The predicted octanol–water partition coefficient (Wildman–Crippen LogP) is 2.70. The second-order valence-corrected chi connectivity index (χ2v) is 4.69. The van der Waals surface area contributed by atoms with Crippen LogP contribution in [-0.4, -0.2) is 10.9 Å². The van der Waals surface area contributed by atoms with Crippen LogP contribution in [0.5, 0.6) is 0 Å². The van der Waals surface area contributed by atoms with Crippen molar-refractivity contribution in [3.05, 3.63) is 62.5 Å². The summed E-state index contributed by atoms with van der Waals surface area (Å²) in [5.41, 5.74) is 1.46. The van der Waals surface area contributed by atoms with Gasteiger partial charge in [0, 0.05) is 28.6 Å². The quantitative estimate of drug-likeness (QED) is 0.896. The number of anilines is 1. The van der Waals surface area contributed by atoms with Gasteiger partial charge in [0.15, 0.2) is 5.43 Å². The summed E-state index contributed by atoms with van der Waals surface area (Å²) in [6.07, 6.45) is 2.88. The maximum absolute atomic E-state index is 11.9. The number of halogens is 1. The zero-order valence-electron chi connectivity index (χ0n) is 9.66. The molecule has 0 spiro atoms. The Balaban J connectivity index is 2.24. The molecule has 1 amide bonds. The first-order chi connectivity index (χ1) is 8.58. The highest BCUT2D eigenvalue weighted by Crippen LogP contribution is 2.20. The molecule has 0 aliphatic carbocycles. The van der Waals surface area contributed by atoms with Gasteiger partial charge in [-0.05, 0) is 30.7 Å². The van der Waals surface area contributed by atoms with Gasteiger partial charge < -0.3 is 10.3 Å². The molecule has 0 radical (unpaired) electrons. The first kappa shape index (κ1) is 12.6. The number of aryl methyl sites for hydroxylation is 1. The summed E-state index contributed by atoms with van der Waals surface area (Å²) in [7, 11) is 0. The average molecular weight is 307 g/mol. The zero-order chi connectivity index (χ0) is 13.1. The molecule has 0 bridgehead atoms. The van der Waals surface area contributed by atoms with Crippen LogP contribution in [0.3, 0.4) is 0 Å². The normalized spacial score (nSPS) is 10.1. The third kappa shape index (κ3) is 2.68. The van der Waals surface area contributed by atoms with E-state index in [1.165, 1.54) is 18.5 Å². The second-order valence-electron chi connectivity index (χ2n) is 3.84. The van der Waals surface area contributed by atoms with Crippen LogP contribution in [0.2, 0.25) is 0 Å². The van der Waals surface area contributed by atoms with E-state index >= 15 is 0 Å². The van der Waals surface area contributed by atoms with Crippen LogP contribution in [0.1, 0.15) is 15.9 Å². The number of amides is 1. The smallest absolute Gasteiger partial charge is 0.261 e. The van der Waals surface area contributed by atoms with Crippen LogP contribution in [0.15, 0.2) is 45.9 Å². The molecule has 2 aromatic rings. The van der Waals surface area contributed by atoms with E-state index in [1.807, 2.05) is 19.1 Å². The summed E-state index contributed by atoms with van der Waals surface area (Å²) in [6, 6.07) is 6.77. The van der Waals surface area contributed by atoms with Crippen molar-refractivity contribution in [3.63, 3.8) is 0 Å². The van der Waals surface area contributed by atoms with Crippen LogP contribution in [0.4, 0.5) is 5.69 Å². The molecule has 4 nitrogen and oxygen atoms in total. The van der Waals surface area contributed by atoms with Crippen molar-refractivity contribution in [2.45, 2.75) is 6.92 Å². The van der Waals surface area contributed by atoms with Crippen LogP contribution < -0.4 is 10.7 Å².